The molecule has 0 bridgehead atoms. The van der Waals surface area contributed by atoms with Gasteiger partial charge >= 0.3 is 0 Å². The van der Waals surface area contributed by atoms with Crippen molar-refractivity contribution in [3.8, 4) is 0 Å². The summed E-state index contributed by atoms with van der Waals surface area (Å²) in [5, 5.41) is 6.04. The van der Waals surface area contributed by atoms with Crippen molar-refractivity contribution in [1.82, 2.24) is 0 Å². The van der Waals surface area contributed by atoms with Crippen molar-refractivity contribution in [3.05, 3.63) is 77.9 Å². The first-order valence-corrected chi connectivity index (χ1v) is 7.40. The van der Waals surface area contributed by atoms with E-state index in [1.54, 1.807) is 0 Å². The summed E-state index contributed by atoms with van der Waals surface area (Å²) in [7, 11) is 1.85. The molecule has 3 aromatic rings. The van der Waals surface area contributed by atoms with E-state index >= 15 is 0 Å². The lowest BCUT2D eigenvalue weighted by Gasteiger charge is -2.19. The number of hydrogen-bond acceptors (Lipinski definition) is 2. The van der Waals surface area contributed by atoms with Crippen molar-refractivity contribution >= 4 is 33.9 Å². The number of allylic oxidation sites excluding steroid dienone is 1. The molecule has 1 aliphatic rings. The standard InChI is InChI=1S/C20H16N2/c1-21-17-12-10-14-6-5-7-15-11-13-18(20(17)19(14)15)22-16-8-3-2-4-9-16/h2-13,22H,1H3. The lowest BCUT2D eigenvalue weighted by Crippen LogP contribution is -2.07. The molecular formula is C20H16N2. The quantitative estimate of drug-likeness (QED) is 0.701. The second-order valence-electron chi connectivity index (χ2n) is 5.37. The summed E-state index contributed by atoms with van der Waals surface area (Å²) in [5.41, 5.74) is 5.62. The Labute approximate surface area is 129 Å². The lowest BCUT2D eigenvalue weighted by atomic mass is 9.90. The highest BCUT2D eigenvalue weighted by Crippen LogP contribution is 2.35. The van der Waals surface area contributed by atoms with Gasteiger partial charge in [-0.3, -0.25) is 4.99 Å². The summed E-state index contributed by atoms with van der Waals surface area (Å²) in [6.45, 7) is 0. The second-order valence-corrected chi connectivity index (χ2v) is 5.37. The van der Waals surface area contributed by atoms with Crippen molar-refractivity contribution in [3.63, 3.8) is 0 Å². The number of anilines is 2. The van der Waals surface area contributed by atoms with E-state index in [1.807, 2.05) is 25.2 Å². The van der Waals surface area contributed by atoms with Crippen LogP contribution in [0.4, 0.5) is 11.4 Å². The van der Waals surface area contributed by atoms with Gasteiger partial charge in [-0.2, -0.15) is 0 Å². The van der Waals surface area contributed by atoms with Gasteiger partial charge in [0.05, 0.1) is 5.71 Å². The number of nitrogens with one attached hydrogen (secondary N) is 1. The maximum atomic E-state index is 4.46. The Morgan fingerprint density at radius 3 is 2.50 bits per heavy atom. The van der Waals surface area contributed by atoms with E-state index in [1.165, 1.54) is 21.9 Å². The van der Waals surface area contributed by atoms with Gasteiger partial charge in [-0.05, 0) is 35.2 Å². The van der Waals surface area contributed by atoms with Gasteiger partial charge < -0.3 is 5.32 Å². The molecule has 2 nitrogen and oxygen atoms in total. The third kappa shape index (κ3) is 2.01. The Hall–Kier alpha value is -2.87. The van der Waals surface area contributed by atoms with E-state index in [0.29, 0.717) is 0 Å². The Morgan fingerprint density at radius 2 is 1.68 bits per heavy atom. The lowest BCUT2D eigenvalue weighted by molar-refractivity contribution is 1.43. The minimum Gasteiger partial charge on any atom is -0.355 e. The molecule has 0 fully saturated rings. The number of para-hydroxylation sites is 1. The normalized spacial score (nSPS) is 14.5. The fraction of sp³-hybridized carbons (Fsp3) is 0.0500. The van der Waals surface area contributed by atoms with Crippen molar-refractivity contribution < 1.29 is 0 Å². The Bertz CT molecular complexity index is 906. The second kappa shape index (κ2) is 5.15. The molecule has 0 saturated carbocycles. The van der Waals surface area contributed by atoms with E-state index in [9.17, 15) is 0 Å². The van der Waals surface area contributed by atoms with E-state index in [0.717, 1.165) is 17.1 Å². The van der Waals surface area contributed by atoms with Crippen LogP contribution in [0, 0.1) is 0 Å². The molecule has 0 amide bonds. The highest BCUT2D eigenvalue weighted by molar-refractivity contribution is 6.25. The molecule has 0 atom stereocenters. The van der Waals surface area contributed by atoms with Crippen LogP contribution < -0.4 is 5.32 Å². The summed E-state index contributed by atoms with van der Waals surface area (Å²) in [6.07, 6.45) is 4.23. The molecule has 1 N–H and O–H groups in total. The van der Waals surface area contributed by atoms with Crippen LogP contribution in [0.1, 0.15) is 11.1 Å². The number of benzene rings is 3. The summed E-state index contributed by atoms with van der Waals surface area (Å²) in [5.74, 6) is 0. The average Bonchev–Trinajstić information content (AvgIpc) is 2.58. The first-order chi connectivity index (χ1) is 10.9. The van der Waals surface area contributed by atoms with Crippen LogP contribution in [-0.2, 0) is 0 Å². The topological polar surface area (TPSA) is 24.4 Å². The number of hydrogen-bond donors (Lipinski definition) is 1. The SMILES string of the molecule is CN=C1C=Cc2cccc3ccc(Nc4ccccc4)c1c23. The molecule has 0 unspecified atom stereocenters. The van der Waals surface area contributed by atoms with Gasteiger partial charge in [0.1, 0.15) is 0 Å². The molecule has 0 saturated heterocycles. The predicted octanol–water partition coefficient (Wildman–Crippen LogP) is 5.03. The zero-order valence-corrected chi connectivity index (χ0v) is 12.4. The first-order valence-electron chi connectivity index (χ1n) is 7.40. The van der Waals surface area contributed by atoms with Crippen LogP contribution in [0.3, 0.4) is 0 Å². The van der Waals surface area contributed by atoms with Gasteiger partial charge in [0.15, 0.2) is 0 Å². The smallest absolute Gasteiger partial charge is 0.0670 e. The highest BCUT2D eigenvalue weighted by atomic mass is 14.9. The van der Waals surface area contributed by atoms with Crippen LogP contribution >= 0.6 is 0 Å². The minimum absolute atomic E-state index is 1.02. The van der Waals surface area contributed by atoms with Crippen LogP contribution in [-0.4, -0.2) is 12.8 Å². The average molecular weight is 284 g/mol. The molecular weight excluding hydrogens is 268 g/mol. The molecule has 4 rings (SSSR count). The van der Waals surface area contributed by atoms with Crippen LogP contribution in [0.5, 0.6) is 0 Å². The van der Waals surface area contributed by atoms with Gasteiger partial charge in [0.25, 0.3) is 0 Å². The van der Waals surface area contributed by atoms with Crippen LogP contribution in [0.15, 0.2) is 71.7 Å². The molecule has 0 aliphatic heterocycles. The first kappa shape index (κ1) is 12.8. The van der Waals surface area contributed by atoms with E-state index in [-0.39, 0.29) is 0 Å². The summed E-state index contributed by atoms with van der Waals surface area (Å²) in [6, 6.07) is 21.0. The summed E-state index contributed by atoms with van der Waals surface area (Å²) in [4.78, 5) is 4.46. The monoisotopic (exact) mass is 284 g/mol. The fourth-order valence-corrected chi connectivity index (χ4v) is 3.03. The number of nitrogens with zero attached hydrogens (tertiary/aromatic N) is 1. The minimum atomic E-state index is 1.02. The molecule has 22 heavy (non-hydrogen) atoms. The molecule has 3 aromatic carbocycles. The largest absolute Gasteiger partial charge is 0.355 e. The Balaban J connectivity index is 1.96. The van der Waals surface area contributed by atoms with Crippen molar-refractivity contribution in [2.75, 3.05) is 12.4 Å². The Kier molecular flexibility index (Phi) is 3.01. The van der Waals surface area contributed by atoms with E-state index in [2.05, 4.69) is 64.9 Å². The predicted molar refractivity (Wildman–Crippen MR) is 95.2 cm³/mol. The van der Waals surface area contributed by atoms with E-state index in [4.69, 9.17) is 0 Å². The molecule has 2 heteroatoms. The van der Waals surface area contributed by atoms with Crippen LogP contribution in [0.2, 0.25) is 0 Å². The van der Waals surface area contributed by atoms with E-state index < -0.39 is 0 Å². The van der Waals surface area contributed by atoms with Gasteiger partial charge in [0, 0.05) is 29.4 Å². The highest BCUT2D eigenvalue weighted by Gasteiger charge is 2.17. The van der Waals surface area contributed by atoms with Gasteiger partial charge in [-0.15, -0.1) is 0 Å². The molecule has 0 radical (unpaired) electrons. The number of aliphatic imine (C=N–C) groups is 1. The van der Waals surface area contributed by atoms with Crippen molar-refractivity contribution in [2.45, 2.75) is 0 Å². The third-order valence-corrected chi connectivity index (χ3v) is 4.05. The fourth-order valence-electron chi connectivity index (χ4n) is 3.03. The van der Waals surface area contributed by atoms with Crippen LogP contribution in [0.25, 0.3) is 16.8 Å². The molecule has 106 valence electrons. The maximum absolute atomic E-state index is 4.46. The molecule has 0 spiro atoms. The molecule has 0 heterocycles. The van der Waals surface area contributed by atoms with Crippen molar-refractivity contribution in [2.24, 2.45) is 4.99 Å². The van der Waals surface area contributed by atoms with Gasteiger partial charge in [-0.1, -0.05) is 48.5 Å². The molecule has 0 aromatic heterocycles. The Morgan fingerprint density at radius 1 is 0.818 bits per heavy atom. The zero-order chi connectivity index (χ0) is 14.9. The maximum Gasteiger partial charge on any atom is 0.0670 e. The van der Waals surface area contributed by atoms with Gasteiger partial charge in [-0.25, -0.2) is 0 Å². The molecule has 1 aliphatic carbocycles. The summed E-state index contributed by atoms with van der Waals surface area (Å²) < 4.78 is 0. The summed E-state index contributed by atoms with van der Waals surface area (Å²) >= 11 is 0. The third-order valence-electron chi connectivity index (χ3n) is 4.05. The zero-order valence-electron chi connectivity index (χ0n) is 12.4. The number of rotatable bonds is 2. The van der Waals surface area contributed by atoms with Crippen molar-refractivity contribution in [1.29, 1.82) is 0 Å². The van der Waals surface area contributed by atoms with Gasteiger partial charge in [0.2, 0.25) is 0 Å².